The van der Waals surface area contributed by atoms with E-state index in [4.69, 9.17) is 0 Å². The van der Waals surface area contributed by atoms with Gasteiger partial charge < -0.3 is 4.90 Å². The van der Waals surface area contributed by atoms with Gasteiger partial charge in [0.2, 0.25) is 0 Å². The summed E-state index contributed by atoms with van der Waals surface area (Å²) in [5.41, 5.74) is 0. The first-order valence-corrected chi connectivity index (χ1v) is 4.90. The van der Waals surface area contributed by atoms with Gasteiger partial charge in [0.25, 0.3) is 0 Å². The third kappa shape index (κ3) is 4.50. The average molecular weight is 171 g/mol. The van der Waals surface area contributed by atoms with Crippen molar-refractivity contribution in [2.75, 3.05) is 19.6 Å². The first-order valence-electron chi connectivity index (χ1n) is 4.90. The topological polar surface area (TPSA) is 20.3 Å². The van der Waals surface area contributed by atoms with Gasteiger partial charge in [0.1, 0.15) is 5.78 Å². The van der Waals surface area contributed by atoms with Crippen molar-refractivity contribution in [3.63, 3.8) is 0 Å². The van der Waals surface area contributed by atoms with Crippen molar-refractivity contribution >= 4 is 5.78 Å². The Kier molecular flexibility index (Phi) is 5.99. The van der Waals surface area contributed by atoms with Crippen LogP contribution in [0.2, 0.25) is 0 Å². The third-order valence-electron chi connectivity index (χ3n) is 1.92. The fraction of sp³-hybridized carbons (Fsp3) is 0.900. The van der Waals surface area contributed by atoms with Crippen LogP contribution in [-0.4, -0.2) is 30.3 Å². The quantitative estimate of drug-likeness (QED) is 0.647. The summed E-state index contributed by atoms with van der Waals surface area (Å²) >= 11 is 0. The molecule has 0 aromatic heterocycles. The molecule has 0 saturated carbocycles. The predicted molar refractivity (Wildman–Crippen MR) is 52.3 cm³/mol. The van der Waals surface area contributed by atoms with E-state index in [9.17, 15) is 4.79 Å². The number of hydrogen-bond acceptors (Lipinski definition) is 2. The third-order valence-corrected chi connectivity index (χ3v) is 1.92. The van der Waals surface area contributed by atoms with E-state index in [1.165, 1.54) is 13.1 Å². The second kappa shape index (κ2) is 6.18. The molecule has 1 fully saturated rings. The Bertz CT molecular complexity index is 128. The van der Waals surface area contributed by atoms with Crippen molar-refractivity contribution in [1.29, 1.82) is 0 Å². The lowest BCUT2D eigenvalue weighted by molar-refractivity contribution is -0.117. The van der Waals surface area contributed by atoms with E-state index in [1.54, 1.807) is 6.92 Å². The molecule has 12 heavy (non-hydrogen) atoms. The van der Waals surface area contributed by atoms with Gasteiger partial charge in [0.15, 0.2) is 0 Å². The first kappa shape index (κ1) is 11.6. The summed E-state index contributed by atoms with van der Waals surface area (Å²) in [6.07, 6.45) is 0.729. The number of carbonyl (C=O) groups is 1. The Labute approximate surface area is 75.9 Å². The lowest BCUT2D eigenvalue weighted by Gasteiger charge is -2.36. The lowest BCUT2D eigenvalue weighted by Crippen LogP contribution is -2.45. The van der Waals surface area contributed by atoms with E-state index >= 15 is 0 Å². The Morgan fingerprint density at radius 3 is 2.25 bits per heavy atom. The Hall–Kier alpha value is -0.370. The van der Waals surface area contributed by atoms with Gasteiger partial charge in [-0.05, 0) is 12.8 Å². The maximum atomic E-state index is 10.5. The monoisotopic (exact) mass is 171 g/mol. The van der Waals surface area contributed by atoms with Crippen LogP contribution >= 0.6 is 0 Å². The van der Waals surface area contributed by atoms with Crippen molar-refractivity contribution in [3.05, 3.63) is 0 Å². The molecule has 1 rings (SSSR count). The van der Waals surface area contributed by atoms with Gasteiger partial charge in [-0.25, -0.2) is 0 Å². The molecule has 0 spiro atoms. The van der Waals surface area contributed by atoms with Gasteiger partial charge in [0, 0.05) is 26.1 Å². The van der Waals surface area contributed by atoms with Crippen LogP contribution in [0.3, 0.4) is 0 Å². The molecular formula is C10H21NO. The minimum Gasteiger partial charge on any atom is -0.302 e. The van der Waals surface area contributed by atoms with Gasteiger partial charge in [-0.1, -0.05) is 20.8 Å². The molecule has 2 heteroatoms. The first-order chi connectivity index (χ1) is 5.68. The maximum absolute atomic E-state index is 10.5. The fourth-order valence-electron chi connectivity index (χ4n) is 1.33. The fourth-order valence-corrected chi connectivity index (χ4v) is 1.33. The molecule has 72 valence electrons. The Balaban J connectivity index is 0.000000561. The summed E-state index contributed by atoms with van der Waals surface area (Å²) < 4.78 is 0. The molecule has 0 bridgehead atoms. The number of carbonyl (C=O) groups excluding carboxylic acids is 1. The minimum absolute atomic E-state index is 0.305. The molecule has 2 nitrogen and oxygen atoms in total. The van der Waals surface area contributed by atoms with E-state index in [1.807, 2.05) is 13.8 Å². The lowest BCUT2D eigenvalue weighted by atomic mass is 10.0. The van der Waals surface area contributed by atoms with Crippen LogP contribution in [0.1, 0.15) is 34.1 Å². The van der Waals surface area contributed by atoms with E-state index in [-0.39, 0.29) is 0 Å². The molecule has 0 aliphatic carbocycles. The summed E-state index contributed by atoms with van der Waals surface area (Å²) in [5, 5.41) is 0. The molecule has 0 aromatic rings. The van der Waals surface area contributed by atoms with E-state index in [0.29, 0.717) is 5.78 Å². The van der Waals surface area contributed by atoms with Crippen LogP contribution in [0.5, 0.6) is 0 Å². The highest BCUT2D eigenvalue weighted by atomic mass is 16.1. The SMILES string of the molecule is CC.CC(=O)CCN1CC(C)C1. The Morgan fingerprint density at radius 1 is 1.42 bits per heavy atom. The van der Waals surface area contributed by atoms with Crippen LogP contribution in [-0.2, 0) is 4.79 Å². The van der Waals surface area contributed by atoms with Crippen molar-refractivity contribution in [1.82, 2.24) is 4.90 Å². The molecule has 0 aromatic carbocycles. The van der Waals surface area contributed by atoms with Gasteiger partial charge >= 0.3 is 0 Å². The van der Waals surface area contributed by atoms with Crippen LogP contribution in [0, 0.1) is 5.92 Å². The normalized spacial score (nSPS) is 17.7. The molecule has 1 aliphatic rings. The zero-order valence-corrected chi connectivity index (χ0v) is 8.76. The zero-order chi connectivity index (χ0) is 9.56. The maximum Gasteiger partial charge on any atom is 0.131 e. The predicted octanol–water partition coefficient (Wildman–Crippen LogP) is 1.94. The van der Waals surface area contributed by atoms with Crippen LogP contribution in [0.4, 0.5) is 0 Å². The zero-order valence-electron chi connectivity index (χ0n) is 8.76. The van der Waals surface area contributed by atoms with Gasteiger partial charge in [-0.15, -0.1) is 0 Å². The van der Waals surface area contributed by atoms with Crippen molar-refractivity contribution < 1.29 is 4.79 Å². The molecule has 0 N–H and O–H groups in total. The summed E-state index contributed by atoms with van der Waals surface area (Å²) in [5.74, 6) is 1.16. The number of hydrogen-bond donors (Lipinski definition) is 0. The number of Topliss-reactive ketones (excluding diaryl/α,β-unsaturated/α-hetero) is 1. The molecule has 0 amide bonds. The molecule has 1 saturated heterocycles. The van der Waals surface area contributed by atoms with E-state index in [2.05, 4.69) is 11.8 Å². The highest BCUT2D eigenvalue weighted by molar-refractivity contribution is 5.75. The summed E-state index contributed by atoms with van der Waals surface area (Å²) in [4.78, 5) is 12.9. The number of nitrogens with zero attached hydrogens (tertiary/aromatic N) is 1. The van der Waals surface area contributed by atoms with Crippen molar-refractivity contribution in [3.8, 4) is 0 Å². The minimum atomic E-state index is 0.305. The average Bonchev–Trinajstić information content (AvgIpc) is 2.00. The van der Waals surface area contributed by atoms with Crippen molar-refractivity contribution in [2.24, 2.45) is 5.92 Å². The smallest absolute Gasteiger partial charge is 0.131 e. The molecule has 1 heterocycles. The van der Waals surface area contributed by atoms with Crippen LogP contribution < -0.4 is 0 Å². The van der Waals surface area contributed by atoms with Crippen LogP contribution in [0.15, 0.2) is 0 Å². The molecule has 0 unspecified atom stereocenters. The van der Waals surface area contributed by atoms with Crippen molar-refractivity contribution in [2.45, 2.75) is 34.1 Å². The summed E-state index contributed by atoms with van der Waals surface area (Å²) in [6.45, 7) is 11.2. The van der Waals surface area contributed by atoms with E-state index < -0.39 is 0 Å². The Morgan fingerprint density at radius 2 is 1.92 bits per heavy atom. The second-order valence-electron chi connectivity index (χ2n) is 3.32. The number of ketones is 1. The second-order valence-corrected chi connectivity index (χ2v) is 3.32. The molecular weight excluding hydrogens is 150 g/mol. The standard InChI is InChI=1S/C8H15NO.C2H6/c1-7-5-9(6-7)4-3-8(2)10;1-2/h7H,3-6H2,1-2H3;1-2H3. The van der Waals surface area contributed by atoms with Gasteiger partial charge in [0.05, 0.1) is 0 Å². The number of rotatable bonds is 3. The number of likely N-dealkylation sites (tertiary alicyclic amines) is 1. The molecule has 0 atom stereocenters. The van der Waals surface area contributed by atoms with Crippen LogP contribution in [0.25, 0.3) is 0 Å². The van der Waals surface area contributed by atoms with Gasteiger partial charge in [-0.2, -0.15) is 0 Å². The van der Waals surface area contributed by atoms with Gasteiger partial charge in [-0.3, -0.25) is 4.79 Å². The molecule has 1 aliphatic heterocycles. The highest BCUT2D eigenvalue weighted by Gasteiger charge is 2.21. The van der Waals surface area contributed by atoms with E-state index in [0.717, 1.165) is 18.9 Å². The molecule has 0 radical (unpaired) electrons. The summed E-state index contributed by atoms with van der Waals surface area (Å²) in [6, 6.07) is 0. The summed E-state index contributed by atoms with van der Waals surface area (Å²) in [7, 11) is 0. The highest BCUT2D eigenvalue weighted by Crippen LogP contribution is 2.13. The largest absolute Gasteiger partial charge is 0.302 e.